The predicted octanol–water partition coefficient (Wildman–Crippen LogP) is 3.80. The van der Waals surface area contributed by atoms with Crippen molar-refractivity contribution in [1.82, 2.24) is 5.32 Å². The Morgan fingerprint density at radius 3 is 2.65 bits per heavy atom. The molecule has 2 aromatic carbocycles. The second kappa shape index (κ2) is 8.32. The first-order chi connectivity index (χ1) is 12.6. The fraction of sp³-hybridized carbons (Fsp3) is 0.381. The van der Waals surface area contributed by atoms with E-state index >= 15 is 0 Å². The van der Waals surface area contributed by atoms with E-state index in [1.54, 1.807) is 18.2 Å². The number of halogens is 1. The molecule has 1 fully saturated rings. The smallest absolute Gasteiger partial charge is 0.217 e. The highest BCUT2D eigenvalue weighted by atomic mass is 19.1. The van der Waals surface area contributed by atoms with Crippen molar-refractivity contribution in [3.63, 3.8) is 0 Å². The summed E-state index contributed by atoms with van der Waals surface area (Å²) >= 11 is 0. The fourth-order valence-corrected chi connectivity index (χ4v) is 3.56. The lowest BCUT2D eigenvalue weighted by atomic mass is 9.91. The van der Waals surface area contributed by atoms with Crippen molar-refractivity contribution in [3.05, 3.63) is 65.5 Å². The van der Waals surface area contributed by atoms with Crippen LogP contribution in [0.2, 0.25) is 0 Å². The molecule has 1 aliphatic heterocycles. The quantitative estimate of drug-likeness (QED) is 0.885. The number of nitrogens with one attached hydrogen (secondary N) is 1. The van der Waals surface area contributed by atoms with Crippen molar-refractivity contribution in [1.29, 1.82) is 0 Å². The number of carbonyl (C=O) groups is 1. The van der Waals surface area contributed by atoms with E-state index in [2.05, 4.69) is 5.32 Å². The second-order valence-electron chi connectivity index (χ2n) is 6.67. The minimum atomic E-state index is -0.426. The van der Waals surface area contributed by atoms with Crippen LogP contribution in [-0.2, 0) is 16.0 Å². The van der Waals surface area contributed by atoms with E-state index in [9.17, 15) is 9.18 Å². The maximum atomic E-state index is 14.7. The molecule has 3 atom stereocenters. The van der Waals surface area contributed by atoms with Gasteiger partial charge in [0, 0.05) is 18.5 Å². The van der Waals surface area contributed by atoms with Crippen molar-refractivity contribution < 1.29 is 18.7 Å². The zero-order valence-corrected chi connectivity index (χ0v) is 15.1. The maximum absolute atomic E-state index is 14.7. The van der Waals surface area contributed by atoms with E-state index in [0.29, 0.717) is 18.4 Å². The third-order valence-electron chi connectivity index (χ3n) is 4.68. The Balaban J connectivity index is 1.83. The van der Waals surface area contributed by atoms with Crippen molar-refractivity contribution in [2.24, 2.45) is 0 Å². The van der Waals surface area contributed by atoms with Crippen molar-refractivity contribution >= 4 is 5.91 Å². The van der Waals surface area contributed by atoms with E-state index in [-0.39, 0.29) is 23.8 Å². The van der Waals surface area contributed by atoms with Gasteiger partial charge in [-0.2, -0.15) is 0 Å². The van der Waals surface area contributed by atoms with Crippen LogP contribution < -0.4 is 10.1 Å². The lowest BCUT2D eigenvalue weighted by Crippen LogP contribution is -2.43. The molecule has 4 nitrogen and oxygen atoms in total. The molecular formula is C21H24FNO3. The van der Waals surface area contributed by atoms with Crippen molar-refractivity contribution in [3.8, 4) is 5.75 Å². The first-order valence-electron chi connectivity index (χ1n) is 8.85. The largest absolute Gasteiger partial charge is 0.494 e. The summed E-state index contributed by atoms with van der Waals surface area (Å²) in [6.07, 6.45) is 1.44. The molecule has 3 rings (SSSR count). The van der Waals surface area contributed by atoms with Gasteiger partial charge in [0.05, 0.1) is 19.3 Å². The van der Waals surface area contributed by atoms with Crippen LogP contribution in [0.1, 0.15) is 37.0 Å². The summed E-state index contributed by atoms with van der Waals surface area (Å²) in [6.45, 7) is 1.50. The molecule has 26 heavy (non-hydrogen) atoms. The molecule has 0 aliphatic carbocycles. The minimum absolute atomic E-state index is 0.0504. The zero-order valence-electron chi connectivity index (χ0n) is 15.1. The molecule has 138 valence electrons. The Labute approximate surface area is 153 Å². The van der Waals surface area contributed by atoms with Crippen LogP contribution in [0, 0.1) is 5.82 Å². The average Bonchev–Trinajstić information content (AvgIpc) is 2.62. The third kappa shape index (κ3) is 4.41. The highest BCUT2D eigenvalue weighted by molar-refractivity contribution is 5.73. The average molecular weight is 357 g/mol. The van der Waals surface area contributed by atoms with E-state index in [0.717, 1.165) is 12.0 Å². The number of carbonyl (C=O) groups excluding carboxylic acids is 1. The molecule has 0 unspecified atom stereocenters. The highest BCUT2D eigenvalue weighted by Crippen LogP contribution is 2.36. The van der Waals surface area contributed by atoms with Crippen LogP contribution in [0.25, 0.3) is 0 Å². The van der Waals surface area contributed by atoms with E-state index in [1.807, 2.05) is 30.3 Å². The van der Waals surface area contributed by atoms with Gasteiger partial charge in [-0.15, -0.1) is 0 Å². The lowest BCUT2D eigenvalue weighted by Gasteiger charge is -2.36. The van der Waals surface area contributed by atoms with E-state index in [4.69, 9.17) is 9.47 Å². The van der Waals surface area contributed by atoms with Gasteiger partial charge in [0.15, 0.2) is 11.6 Å². The summed E-state index contributed by atoms with van der Waals surface area (Å²) in [7, 11) is 1.45. The zero-order chi connectivity index (χ0) is 18.5. The Kier molecular flexibility index (Phi) is 5.89. The predicted molar refractivity (Wildman–Crippen MR) is 97.6 cm³/mol. The molecule has 2 aromatic rings. The van der Waals surface area contributed by atoms with Gasteiger partial charge in [-0.25, -0.2) is 4.39 Å². The van der Waals surface area contributed by atoms with Crippen molar-refractivity contribution in [2.75, 3.05) is 7.11 Å². The standard InChI is InChI=1S/C21H24FNO3/c1-14(24)23-16-12-17(11-15-7-4-3-5-8-15)26-20(13-16)18-9-6-10-19(25-2)21(18)22/h3-10,16-17,20H,11-13H2,1-2H3,(H,23,24)/t16-,17+,20+/m0/s1. The third-order valence-corrected chi connectivity index (χ3v) is 4.68. The highest BCUT2D eigenvalue weighted by Gasteiger charge is 2.33. The molecule has 1 saturated heterocycles. The molecule has 1 aliphatic rings. The summed E-state index contributed by atoms with van der Waals surface area (Å²) in [4.78, 5) is 11.5. The number of rotatable bonds is 5. The number of ether oxygens (including phenoxy) is 2. The lowest BCUT2D eigenvalue weighted by molar-refractivity contribution is -0.122. The molecule has 0 spiro atoms. The van der Waals surface area contributed by atoms with Crippen LogP contribution in [0.4, 0.5) is 4.39 Å². The molecular weight excluding hydrogens is 333 g/mol. The van der Waals surface area contributed by atoms with Crippen LogP contribution in [0.3, 0.4) is 0 Å². The topological polar surface area (TPSA) is 47.6 Å². The van der Waals surface area contributed by atoms with E-state index < -0.39 is 11.9 Å². The number of amides is 1. The number of benzene rings is 2. The minimum Gasteiger partial charge on any atom is -0.494 e. The molecule has 0 radical (unpaired) electrons. The molecule has 0 bridgehead atoms. The number of methoxy groups -OCH3 is 1. The fourth-order valence-electron chi connectivity index (χ4n) is 3.56. The molecule has 0 saturated carbocycles. The Morgan fingerprint density at radius 1 is 1.19 bits per heavy atom. The van der Waals surface area contributed by atoms with Crippen LogP contribution >= 0.6 is 0 Å². The number of hydrogen-bond donors (Lipinski definition) is 1. The van der Waals surface area contributed by atoms with Gasteiger partial charge in [-0.1, -0.05) is 42.5 Å². The van der Waals surface area contributed by atoms with Crippen LogP contribution in [-0.4, -0.2) is 25.2 Å². The Bertz CT molecular complexity index is 750. The van der Waals surface area contributed by atoms with E-state index in [1.165, 1.54) is 14.0 Å². The second-order valence-corrected chi connectivity index (χ2v) is 6.67. The van der Waals surface area contributed by atoms with Crippen LogP contribution in [0.5, 0.6) is 5.75 Å². The van der Waals surface area contributed by atoms with Gasteiger partial charge >= 0.3 is 0 Å². The summed E-state index contributed by atoms with van der Waals surface area (Å²) in [5, 5.41) is 2.97. The van der Waals surface area contributed by atoms with Gasteiger partial charge in [0.2, 0.25) is 5.91 Å². The molecule has 1 N–H and O–H groups in total. The summed E-state index contributed by atoms with van der Waals surface area (Å²) < 4.78 is 26.0. The SMILES string of the molecule is COc1cccc([C@H]2C[C@@H](NC(C)=O)C[C@@H](Cc3ccccc3)O2)c1F. The first-order valence-corrected chi connectivity index (χ1v) is 8.85. The van der Waals surface area contributed by atoms with Gasteiger partial charge in [0.1, 0.15) is 0 Å². The van der Waals surface area contributed by atoms with Gasteiger partial charge < -0.3 is 14.8 Å². The summed E-state index contributed by atoms with van der Waals surface area (Å²) in [5.41, 5.74) is 1.63. The van der Waals surface area contributed by atoms with Crippen molar-refractivity contribution in [2.45, 2.75) is 44.4 Å². The maximum Gasteiger partial charge on any atom is 0.217 e. The van der Waals surface area contributed by atoms with Gasteiger partial charge in [-0.05, 0) is 30.9 Å². The normalized spacial score (nSPS) is 22.7. The molecule has 1 amide bonds. The Hall–Kier alpha value is -2.40. The monoisotopic (exact) mass is 357 g/mol. The summed E-state index contributed by atoms with van der Waals surface area (Å²) in [5.74, 6) is -0.283. The Morgan fingerprint density at radius 2 is 1.96 bits per heavy atom. The molecule has 0 aromatic heterocycles. The van der Waals surface area contributed by atoms with Gasteiger partial charge in [-0.3, -0.25) is 4.79 Å². The van der Waals surface area contributed by atoms with Crippen LogP contribution in [0.15, 0.2) is 48.5 Å². The van der Waals surface area contributed by atoms with Gasteiger partial charge in [0.25, 0.3) is 0 Å². The number of hydrogen-bond acceptors (Lipinski definition) is 3. The first kappa shape index (κ1) is 18.4. The molecule has 1 heterocycles. The summed E-state index contributed by atoms with van der Waals surface area (Å²) in [6, 6.07) is 15.1. The molecule has 5 heteroatoms.